The number of likely N-dealkylation sites (N-methyl/N-ethyl adjacent to an activating group) is 1. The molecule has 114 valence electrons. The van der Waals surface area contributed by atoms with Crippen LogP contribution in [-0.2, 0) is 0 Å². The SMILES string of the molecule is C[N+]1(C)CC[C@H](Oc2ccc(/C=C/c3ccccc3)cc2)C1. The Morgan fingerprint density at radius 3 is 2.14 bits per heavy atom. The van der Waals surface area contributed by atoms with Crippen molar-refractivity contribution in [3.63, 3.8) is 0 Å². The smallest absolute Gasteiger partial charge is 0.153 e. The maximum absolute atomic E-state index is 6.09. The molecule has 0 amide bonds. The first-order valence-corrected chi connectivity index (χ1v) is 7.93. The first-order valence-electron chi connectivity index (χ1n) is 7.93. The molecule has 1 aliphatic heterocycles. The summed E-state index contributed by atoms with van der Waals surface area (Å²) in [5.74, 6) is 0.976. The number of quaternary nitrogens is 1. The van der Waals surface area contributed by atoms with Gasteiger partial charge in [0.15, 0.2) is 6.10 Å². The summed E-state index contributed by atoms with van der Waals surface area (Å²) in [4.78, 5) is 0. The fourth-order valence-corrected chi connectivity index (χ4v) is 2.93. The van der Waals surface area contributed by atoms with Crippen molar-refractivity contribution in [2.45, 2.75) is 12.5 Å². The Balaban J connectivity index is 1.60. The molecule has 3 rings (SSSR count). The molecule has 1 atom stereocenters. The Morgan fingerprint density at radius 1 is 0.909 bits per heavy atom. The zero-order chi connectivity index (χ0) is 15.4. The van der Waals surface area contributed by atoms with Gasteiger partial charge in [0.1, 0.15) is 12.3 Å². The van der Waals surface area contributed by atoms with E-state index in [-0.39, 0.29) is 0 Å². The van der Waals surface area contributed by atoms with Gasteiger partial charge in [-0.3, -0.25) is 0 Å². The summed E-state index contributed by atoms with van der Waals surface area (Å²) in [7, 11) is 4.53. The van der Waals surface area contributed by atoms with Crippen LogP contribution in [0.2, 0.25) is 0 Å². The Bertz CT molecular complexity index is 629. The van der Waals surface area contributed by atoms with E-state index in [2.05, 4.69) is 74.8 Å². The fraction of sp³-hybridized carbons (Fsp3) is 0.300. The lowest BCUT2D eigenvalue weighted by Gasteiger charge is -2.23. The summed E-state index contributed by atoms with van der Waals surface area (Å²) in [5.41, 5.74) is 2.41. The van der Waals surface area contributed by atoms with Gasteiger partial charge >= 0.3 is 0 Å². The van der Waals surface area contributed by atoms with Crippen molar-refractivity contribution in [3.8, 4) is 5.75 Å². The van der Waals surface area contributed by atoms with E-state index in [0.29, 0.717) is 6.10 Å². The summed E-state index contributed by atoms with van der Waals surface area (Å²) in [5, 5.41) is 0. The van der Waals surface area contributed by atoms with Gasteiger partial charge in [0, 0.05) is 6.42 Å². The van der Waals surface area contributed by atoms with Crippen LogP contribution in [0.25, 0.3) is 12.2 Å². The molecular weight excluding hydrogens is 270 g/mol. The van der Waals surface area contributed by atoms with Gasteiger partial charge in [0.25, 0.3) is 0 Å². The largest absolute Gasteiger partial charge is 0.484 e. The second kappa shape index (κ2) is 6.37. The molecule has 2 heteroatoms. The lowest BCUT2D eigenvalue weighted by Crippen LogP contribution is -2.38. The second-order valence-corrected chi connectivity index (χ2v) is 6.68. The van der Waals surface area contributed by atoms with Crippen molar-refractivity contribution in [2.24, 2.45) is 0 Å². The van der Waals surface area contributed by atoms with Crippen molar-refractivity contribution in [1.29, 1.82) is 0 Å². The fourth-order valence-electron chi connectivity index (χ4n) is 2.93. The third-order valence-corrected chi connectivity index (χ3v) is 4.20. The first-order chi connectivity index (χ1) is 10.6. The van der Waals surface area contributed by atoms with Crippen LogP contribution in [0.5, 0.6) is 5.75 Å². The van der Waals surface area contributed by atoms with Crippen LogP contribution in [0.1, 0.15) is 17.5 Å². The molecule has 22 heavy (non-hydrogen) atoms. The molecule has 0 N–H and O–H groups in total. The zero-order valence-electron chi connectivity index (χ0n) is 13.4. The molecule has 2 aromatic rings. The molecule has 0 aliphatic carbocycles. The minimum Gasteiger partial charge on any atom is -0.484 e. The normalized spacial score (nSPS) is 20.4. The van der Waals surface area contributed by atoms with Crippen molar-refractivity contribution in [1.82, 2.24) is 0 Å². The summed E-state index contributed by atoms with van der Waals surface area (Å²) in [6.45, 7) is 2.29. The molecule has 0 spiro atoms. The molecule has 2 nitrogen and oxygen atoms in total. The second-order valence-electron chi connectivity index (χ2n) is 6.68. The van der Waals surface area contributed by atoms with Gasteiger partial charge in [0.05, 0.1) is 20.6 Å². The van der Waals surface area contributed by atoms with E-state index >= 15 is 0 Å². The Labute approximate surface area is 133 Å². The van der Waals surface area contributed by atoms with Gasteiger partial charge in [-0.05, 0) is 23.3 Å². The molecule has 1 fully saturated rings. The average Bonchev–Trinajstić information content (AvgIpc) is 2.86. The van der Waals surface area contributed by atoms with E-state index in [1.54, 1.807) is 0 Å². The Morgan fingerprint density at radius 2 is 1.55 bits per heavy atom. The van der Waals surface area contributed by atoms with Gasteiger partial charge < -0.3 is 9.22 Å². The van der Waals surface area contributed by atoms with E-state index in [9.17, 15) is 0 Å². The van der Waals surface area contributed by atoms with Crippen LogP contribution < -0.4 is 4.74 Å². The number of benzene rings is 2. The van der Waals surface area contributed by atoms with Gasteiger partial charge in [-0.25, -0.2) is 0 Å². The highest BCUT2D eigenvalue weighted by Crippen LogP contribution is 2.21. The first kappa shape index (κ1) is 14.9. The Kier molecular flexibility index (Phi) is 4.30. The van der Waals surface area contributed by atoms with E-state index in [0.717, 1.165) is 23.2 Å². The average molecular weight is 294 g/mol. The molecule has 0 aromatic heterocycles. The molecule has 2 aromatic carbocycles. The lowest BCUT2D eigenvalue weighted by molar-refractivity contribution is -0.879. The van der Waals surface area contributed by atoms with E-state index in [4.69, 9.17) is 4.74 Å². The zero-order valence-corrected chi connectivity index (χ0v) is 13.4. The molecular formula is C20H24NO+. The van der Waals surface area contributed by atoms with Crippen molar-refractivity contribution < 1.29 is 9.22 Å². The van der Waals surface area contributed by atoms with E-state index in [1.807, 2.05) is 6.07 Å². The highest BCUT2D eigenvalue weighted by molar-refractivity contribution is 5.69. The van der Waals surface area contributed by atoms with Crippen molar-refractivity contribution in [2.75, 3.05) is 27.2 Å². The maximum atomic E-state index is 6.09. The topological polar surface area (TPSA) is 9.23 Å². The third kappa shape index (κ3) is 3.99. The van der Waals surface area contributed by atoms with Crippen LogP contribution >= 0.6 is 0 Å². The molecule has 1 aliphatic rings. The monoisotopic (exact) mass is 294 g/mol. The van der Waals surface area contributed by atoms with Crippen LogP contribution in [-0.4, -0.2) is 37.8 Å². The number of ether oxygens (including phenoxy) is 1. The molecule has 0 bridgehead atoms. The predicted octanol–water partition coefficient (Wildman–Crippen LogP) is 4.08. The number of likely N-dealkylation sites (tertiary alicyclic amines) is 1. The van der Waals surface area contributed by atoms with Crippen molar-refractivity contribution in [3.05, 3.63) is 65.7 Å². The molecule has 1 heterocycles. The summed E-state index contributed by atoms with van der Waals surface area (Å²) >= 11 is 0. The molecule has 1 saturated heterocycles. The lowest BCUT2D eigenvalue weighted by atomic mass is 10.1. The number of hydrogen-bond donors (Lipinski definition) is 0. The van der Waals surface area contributed by atoms with E-state index < -0.39 is 0 Å². The van der Waals surface area contributed by atoms with Crippen LogP contribution in [0.15, 0.2) is 54.6 Å². The standard InChI is InChI=1S/C20H24NO/c1-21(2)15-14-20(16-21)22-19-12-10-18(11-13-19)9-8-17-6-4-3-5-7-17/h3-13,20H,14-16H2,1-2H3/q+1/b9-8+/t20-/m0/s1. The number of hydrogen-bond acceptors (Lipinski definition) is 1. The number of nitrogens with zero attached hydrogens (tertiary/aromatic N) is 1. The maximum Gasteiger partial charge on any atom is 0.153 e. The minimum atomic E-state index is 0.348. The Hall–Kier alpha value is -2.06. The van der Waals surface area contributed by atoms with Crippen LogP contribution in [0.3, 0.4) is 0 Å². The molecule has 0 unspecified atom stereocenters. The van der Waals surface area contributed by atoms with Gasteiger partial charge in [-0.2, -0.15) is 0 Å². The molecule has 0 saturated carbocycles. The van der Waals surface area contributed by atoms with Crippen molar-refractivity contribution >= 4 is 12.2 Å². The summed E-state index contributed by atoms with van der Waals surface area (Å²) in [6, 6.07) is 18.7. The van der Waals surface area contributed by atoms with Gasteiger partial charge in [-0.15, -0.1) is 0 Å². The quantitative estimate of drug-likeness (QED) is 0.610. The molecule has 0 radical (unpaired) electrons. The van der Waals surface area contributed by atoms with Gasteiger partial charge in [0.2, 0.25) is 0 Å². The van der Waals surface area contributed by atoms with Gasteiger partial charge in [-0.1, -0.05) is 54.6 Å². The minimum absolute atomic E-state index is 0.348. The third-order valence-electron chi connectivity index (χ3n) is 4.20. The van der Waals surface area contributed by atoms with E-state index in [1.165, 1.54) is 17.7 Å². The highest BCUT2D eigenvalue weighted by atomic mass is 16.5. The van der Waals surface area contributed by atoms with Crippen LogP contribution in [0, 0.1) is 0 Å². The number of rotatable bonds is 4. The summed E-state index contributed by atoms with van der Waals surface area (Å²) in [6.07, 6.45) is 5.75. The summed E-state index contributed by atoms with van der Waals surface area (Å²) < 4.78 is 7.15. The predicted molar refractivity (Wildman–Crippen MR) is 92.7 cm³/mol. The highest BCUT2D eigenvalue weighted by Gasteiger charge is 2.32. The van der Waals surface area contributed by atoms with Crippen LogP contribution in [0.4, 0.5) is 0 Å².